The van der Waals surface area contributed by atoms with Crippen LogP contribution in [0.5, 0.6) is 11.5 Å². The van der Waals surface area contributed by atoms with Crippen LogP contribution in [0.3, 0.4) is 0 Å². The number of fused-ring (bicyclic) bond motifs is 1. The van der Waals surface area contributed by atoms with Crippen LogP contribution < -0.4 is 15.2 Å². The Labute approximate surface area is 143 Å². The van der Waals surface area contributed by atoms with Crippen molar-refractivity contribution < 1.29 is 9.47 Å². The van der Waals surface area contributed by atoms with Gasteiger partial charge in [-0.25, -0.2) is 0 Å². The van der Waals surface area contributed by atoms with Gasteiger partial charge >= 0.3 is 0 Å². The average Bonchev–Trinajstić information content (AvgIpc) is 3.02. The van der Waals surface area contributed by atoms with E-state index in [4.69, 9.17) is 15.2 Å². The molecule has 0 spiro atoms. The van der Waals surface area contributed by atoms with Gasteiger partial charge < -0.3 is 15.2 Å². The fourth-order valence-electron chi connectivity index (χ4n) is 3.12. The van der Waals surface area contributed by atoms with E-state index in [0.717, 1.165) is 62.9 Å². The summed E-state index contributed by atoms with van der Waals surface area (Å²) in [6.45, 7) is 6.76. The molecule has 2 aliphatic rings. The minimum atomic E-state index is 0.308. The van der Waals surface area contributed by atoms with Gasteiger partial charge in [0.25, 0.3) is 0 Å². The lowest BCUT2D eigenvalue weighted by Crippen LogP contribution is -2.49. The molecule has 1 aromatic rings. The number of rotatable bonds is 7. The van der Waals surface area contributed by atoms with Gasteiger partial charge in [-0.2, -0.15) is 11.8 Å². The molecule has 1 fully saturated rings. The highest BCUT2D eigenvalue weighted by Crippen LogP contribution is 2.32. The van der Waals surface area contributed by atoms with E-state index in [1.807, 2.05) is 17.8 Å². The largest absolute Gasteiger partial charge is 0.454 e. The molecule has 0 bridgehead atoms. The molecule has 128 valence electrons. The van der Waals surface area contributed by atoms with Crippen molar-refractivity contribution in [2.45, 2.75) is 19.0 Å². The standard InChI is InChI=1S/C17H27N3O2S/c1-23-9-4-15(18)12-20-7-5-19(6-8-20)11-14-2-3-16-17(10-14)22-13-21-16/h2-3,10,15H,4-9,11-13,18H2,1H3/t15-/m0/s1. The molecular formula is C17H27N3O2S. The fourth-order valence-corrected chi connectivity index (χ4v) is 3.66. The van der Waals surface area contributed by atoms with Crippen molar-refractivity contribution in [2.24, 2.45) is 5.73 Å². The number of thioether (sulfide) groups is 1. The minimum absolute atomic E-state index is 0.308. The Morgan fingerprint density at radius 1 is 1.13 bits per heavy atom. The first-order valence-electron chi connectivity index (χ1n) is 8.32. The molecule has 6 heteroatoms. The Kier molecular flexibility index (Phi) is 6.05. The topological polar surface area (TPSA) is 51.0 Å². The first-order chi connectivity index (χ1) is 11.2. The number of hydrogen-bond acceptors (Lipinski definition) is 6. The molecule has 1 aromatic carbocycles. The van der Waals surface area contributed by atoms with Gasteiger partial charge in [0.2, 0.25) is 6.79 Å². The summed E-state index contributed by atoms with van der Waals surface area (Å²) < 4.78 is 10.8. The summed E-state index contributed by atoms with van der Waals surface area (Å²) in [4.78, 5) is 5.00. The van der Waals surface area contributed by atoms with Crippen LogP contribution in [-0.2, 0) is 6.54 Å². The smallest absolute Gasteiger partial charge is 0.231 e. The molecule has 1 saturated heterocycles. The zero-order chi connectivity index (χ0) is 16.1. The van der Waals surface area contributed by atoms with Crippen LogP contribution in [0.15, 0.2) is 18.2 Å². The third-order valence-electron chi connectivity index (χ3n) is 4.49. The highest BCUT2D eigenvalue weighted by molar-refractivity contribution is 7.98. The summed E-state index contributed by atoms with van der Waals surface area (Å²) in [6.07, 6.45) is 3.25. The Bertz CT molecular complexity index is 507. The number of benzene rings is 1. The normalized spacial score (nSPS) is 19.9. The van der Waals surface area contributed by atoms with E-state index < -0.39 is 0 Å². The maximum atomic E-state index is 6.21. The zero-order valence-electron chi connectivity index (χ0n) is 13.9. The summed E-state index contributed by atoms with van der Waals surface area (Å²) in [5.41, 5.74) is 7.50. The van der Waals surface area contributed by atoms with Crippen LogP contribution in [0.1, 0.15) is 12.0 Å². The summed E-state index contributed by atoms with van der Waals surface area (Å²) in [5.74, 6) is 2.89. The van der Waals surface area contributed by atoms with Crippen molar-refractivity contribution in [1.82, 2.24) is 9.80 Å². The number of hydrogen-bond donors (Lipinski definition) is 1. The lowest BCUT2D eigenvalue weighted by Gasteiger charge is -2.35. The van der Waals surface area contributed by atoms with Gasteiger partial charge in [-0.3, -0.25) is 9.80 Å². The third kappa shape index (κ3) is 4.76. The van der Waals surface area contributed by atoms with E-state index in [-0.39, 0.29) is 0 Å². The molecule has 2 N–H and O–H groups in total. The third-order valence-corrected chi connectivity index (χ3v) is 5.14. The SMILES string of the molecule is CSCC[C@H](N)CN1CCN(Cc2ccc3c(c2)OCO3)CC1. The van der Waals surface area contributed by atoms with Crippen molar-refractivity contribution in [3.05, 3.63) is 23.8 Å². The van der Waals surface area contributed by atoms with Crippen LogP contribution in [0, 0.1) is 0 Å². The average molecular weight is 337 g/mol. The van der Waals surface area contributed by atoms with E-state index in [9.17, 15) is 0 Å². The molecular weight excluding hydrogens is 310 g/mol. The summed E-state index contributed by atoms with van der Waals surface area (Å²) >= 11 is 1.88. The molecule has 0 radical (unpaired) electrons. The highest BCUT2D eigenvalue weighted by atomic mass is 32.2. The van der Waals surface area contributed by atoms with Crippen LogP contribution in [0.25, 0.3) is 0 Å². The van der Waals surface area contributed by atoms with Gasteiger partial charge in [0.05, 0.1) is 0 Å². The van der Waals surface area contributed by atoms with Gasteiger partial charge in [-0.15, -0.1) is 0 Å². The van der Waals surface area contributed by atoms with E-state index in [2.05, 4.69) is 28.2 Å². The predicted octanol–water partition coefficient (Wildman–Crippen LogP) is 1.61. The Morgan fingerprint density at radius 2 is 1.87 bits per heavy atom. The van der Waals surface area contributed by atoms with Crippen LogP contribution in [0.2, 0.25) is 0 Å². The number of ether oxygens (including phenoxy) is 2. The van der Waals surface area contributed by atoms with Crippen molar-refractivity contribution in [2.75, 3.05) is 51.5 Å². The van der Waals surface area contributed by atoms with Gasteiger partial charge in [0, 0.05) is 45.3 Å². The molecule has 0 amide bonds. The number of nitrogens with zero attached hydrogens (tertiary/aromatic N) is 2. The Morgan fingerprint density at radius 3 is 2.65 bits per heavy atom. The molecule has 0 saturated carbocycles. The molecule has 1 atom stereocenters. The Balaban J connectivity index is 1.42. The monoisotopic (exact) mass is 337 g/mol. The fraction of sp³-hybridized carbons (Fsp3) is 0.647. The molecule has 3 rings (SSSR count). The molecule has 5 nitrogen and oxygen atoms in total. The van der Waals surface area contributed by atoms with Crippen molar-refractivity contribution in [3.8, 4) is 11.5 Å². The lowest BCUT2D eigenvalue weighted by molar-refractivity contribution is 0.121. The first-order valence-corrected chi connectivity index (χ1v) is 9.72. The van der Waals surface area contributed by atoms with Gasteiger partial charge in [-0.1, -0.05) is 6.07 Å². The second-order valence-corrected chi connectivity index (χ2v) is 7.29. The second kappa shape index (κ2) is 8.24. The number of nitrogens with two attached hydrogens (primary N) is 1. The zero-order valence-corrected chi connectivity index (χ0v) is 14.7. The first kappa shape index (κ1) is 16.9. The Hall–Kier alpha value is -0.950. The van der Waals surface area contributed by atoms with Crippen molar-refractivity contribution >= 4 is 11.8 Å². The number of piperazine rings is 1. The van der Waals surface area contributed by atoms with E-state index in [1.54, 1.807) is 0 Å². The van der Waals surface area contributed by atoms with Crippen molar-refractivity contribution in [3.63, 3.8) is 0 Å². The molecule has 2 aliphatic heterocycles. The van der Waals surface area contributed by atoms with Crippen LogP contribution in [-0.4, -0.2) is 67.4 Å². The van der Waals surface area contributed by atoms with Gasteiger partial charge in [-0.05, 0) is 36.1 Å². The summed E-state index contributed by atoms with van der Waals surface area (Å²) in [6, 6.07) is 6.56. The van der Waals surface area contributed by atoms with E-state index in [1.165, 1.54) is 5.56 Å². The molecule has 0 aliphatic carbocycles. The molecule has 23 heavy (non-hydrogen) atoms. The van der Waals surface area contributed by atoms with Crippen molar-refractivity contribution in [1.29, 1.82) is 0 Å². The van der Waals surface area contributed by atoms with Gasteiger partial charge in [0.15, 0.2) is 11.5 Å². The maximum absolute atomic E-state index is 6.21. The summed E-state index contributed by atoms with van der Waals surface area (Å²) in [7, 11) is 0. The second-order valence-electron chi connectivity index (χ2n) is 6.31. The summed E-state index contributed by atoms with van der Waals surface area (Å²) in [5, 5.41) is 0. The molecule has 2 heterocycles. The molecule has 0 unspecified atom stereocenters. The van der Waals surface area contributed by atoms with E-state index >= 15 is 0 Å². The minimum Gasteiger partial charge on any atom is -0.454 e. The van der Waals surface area contributed by atoms with Gasteiger partial charge in [0.1, 0.15) is 0 Å². The molecule has 0 aromatic heterocycles. The lowest BCUT2D eigenvalue weighted by atomic mass is 10.1. The maximum Gasteiger partial charge on any atom is 0.231 e. The van der Waals surface area contributed by atoms with E-state index in [0.29, 0.717) is 12.8 Å². The quantitative estimate of drug-likeness (QED) is 0.816. The predicted molar refractivity (Wildman–Crippen MR) is 95.3 cm³/mol. The highest BCUT2D eigenvalue weighted by Gasteiger charge is 2.20. The van der Waals surface area contributed by atoms with Crippen LogP contribution >= 0.6 is 11.8 Å². The van der Waals surface area contributed by atoms with Crippen LogP contribution in [0.4, 0.5) is 0 Å².